The number of nitrogens with zero attached hydrogens (tertiary/aromatic N) is 4. The van der Waals surface area contributed by atoms with Crippen molar-refractivity contribution in [3.63, 3.8) is 0 Å². The summed E-state index contributed by atoms with van der Waals surface area (Å²) in [6, 6.07) is 2.01. The van der Waals surface area contributed by atoms with Gasteiger partial charge in [0, 0.05) is 23.8 Å². The normalized spacial score (nSPS) is 11.1. The summed E-state index contributed by atoms with van der Waals surface area (Å²) in [6.45, 7) is 6.57. The SMILES string of the molecule is Cc1cc(C(C)C)nc(-n2ccnc2CN)n1. The third-order valence-corrected chi connectivity index (χ3v) is 2.57. The van der Waals surface area contributed by atoms with Crippen molar-refractivity contribution in [3.05, 3.63) is 35.7 Å². The van der Waals surface area contributed by atoms with Crippen molar-refractivity contribution in [2.75, 3.05) is 0 Å². The zero-order valence-corrected chi connectivity index (χ0v) is 10.4. The highest BCUT2D eigenvalue weighted by Gasteiger charge is 2.09. The molecule has 5 heteroatoms. The maximum absolute atomic E-state index is 5.63. The first-order chi connectivity index (χ1) is 8.11. The Morgan fingerprint density at radius 3 is 2.76 bits per heavy atom. The summed E-state index contributed by atoms with van der Waals surface area (Å²) < 4.78 is 1.83. The lowest BCUT2D eigenvalue weighted by atomic mass is 10.1. The van der Waals surface area contributed by atoms with Gasteiger partial charge in [-0.1, -0.05) is 13.8 Å². The monoisotopic (exact) mass is 231 g/mol. The third kappa shape index (κ3) is 2.34. The fourth-order valence-electron chi connectivity index (χ4n) is 1.65. The number of imidazole rings is 1. The van der Waals surface area contributed by atoms with Gasteiger partial charge in [-0.05, 0) is 18.9 Å². The van der Waals surface area contributed by atoms with Gasteiger partial charge in [0.25, 0.3) is 0 Å². The van der Waals surface area contributed by atoms with E-state index in [0.29, 0.717) is 18.4 Å². The maximum Gasteiger partial charge on any atom is 0.235 e. The topological polar surface area (TPSA) is 69.6 Å². The Balaban J connectivity index is 2.52. The Morgan fingerprint density at radius 1 is 1.35 bits per heavy atom. The van der Waals surface area contributed by atoms with E-state index in [1.807, 2.05) is 23.8 Å². The van der Waals surface area contributed by atoms with Gasteiger partial charge < -0.3 is 5.73 Å². The molecule has 17 heavy (non-hydrogen) atoms. The summed E-state index contributed by atoms with van der Waals surface area (Å²) in [7, 11) is 0. The van der Waals surface area contributed by atoms with Crippen LogP contribution >= 0.6 is 0 Å². The lowest BCUT2D eigenvalue weighted by Gasteiger charge is -2.10. The molecule has 2 rings (SSSR count). The predicted octanol–water partition coefficient (Wildman–Crippen LogP) is 1.55. The van der Waals surface area contributed by atoms with Crippen molar-refractivity contribution in [2.24, 2.45) is 5.73 Å². The number of rotatable bonds is 3. The average Bonchev–Trinajstić information content (AvgIpc) is 2.76. The minimum absolute atomic E-state index is 0.375. The molecule has 5 nitrogen and oxygen atoms in total. The average molecular weight is 231 g/mol. The molecule has 2 aromatic heterocycles. The summed E-state index contributed by atoms with van der Waals surface area (Å²) in [6.07, 6.45) is 3.55. The van der Waals surface area contributed by atoms with Crippen LogP contribution in [0.4, 0.5) is 0 Å². The van der Waals surface area contributed by atoms with Crippen LogP contribution in [0.1, 0.15) is 37.0 Å². The Morgan fingerprint density at radius 2 is 2.12 bits per heavy atom. The lowest BCUT2D eigenvalue weighted by molar-refractivity contribution is 0.763. The smallest absolute Gasteiger partial charge is 0.235 e. The number of hydrogen-bond donors (Lipinski definition) is 1. The molecule has 0 radical (unpaired) electrons. The summed E-state index contributed by atoms with van der Waals surface area (Å²) in [4.78, 5) is 13.1. The van der Waals surface area contributed by atoms with Crippen LogP contribution in [0.5, 0.6) is 0 Å². The van der Waals surface area contributed by atoms with E-state index < -0.39 is 0 Å². The van der Waals surface area contributed by atoms with E-state index in [9.17, 15) is 0 Å². The Kier molecular flexibility index (Phi) is 3.19. The van der Waals surface area contributed by atoms with Gasteiger partial charge in [-0.2, -0.15) is 0 Å². The highest BCUT2D eigenvalue weighted by molar-refractivity contribution is 5.22. The Labute approximate surface area is 101 Å². The van der Waals surface area contributed by atoms with Crippen molar-refractivity contribution >= 4 is 0 Å². The van der Waals surface area contributed by atoms with Gasteiger partial charge >= 0.3 is 0 Å². The van der Waals surface area contributed by atoms with Crippen LogP contribution in [0.15, 0.2) is 18.5 Å². The maximum atomic E-state index is 5.63. The molecule has 0 saturated carbocycles. The number of nitrogens with two attached hydrogens (primary N) is 1. The Hall–Kier alpha value is -1.75. The standard InChI is InChI=1S/C12H17N5/c1-8(2)10-6-9(3)15-12(16-10)17-5-4-14-11(17)7-13/h4-6,8H,7,13H2,1-3H3. The zero-order valence-electron chi connectivity index (χ0n) is 10.4. The van der Waals surface area contributed by atoms with Crippen LogP contribution in [0, 0.1) is 6.92 Å². The molecule has 0 amide bonds. The molecule has 0 aliphatic rings. The molecule has 0 fully saturated rings. The van der Waals surface area contributed by atoms with Gasteiger partial charge in [-0.15, -0.1) is 0 Å². The first-order valence-electron chi connectivity index (χ1n) is 5.70. The molecule has 0 spiro atoms. The first kappa shape index (κ1) is 11.7. The third-order valence-electron chi connectivity index (χ3n) is 2.57. The fourth-order valence-corrected chi connectivity index (χ4v) is 1.65. The van der Waals surface area contributed by atoms with Gasteiger partial charge in [0.05, 0.1) is 6.54 Å². The highest BCUT2D eigenvalue weighted by Crippen LogP contribution is 2.15. The van der Waals surface area contributed by atoms with E-state index in [4.69, 9.17) is 5.73 Å². The molecule has 0 bridgehead atoms. The van der Waals surface area contributed by atoms with Gasteiger partial charge in [0.15, 0.2) is 0 Å². The minimum atomic E-state index is 0.375. The largest absolute Gasteiger partial charge is 0.324 e. The molecule has 0 aliphatic carbocycles. The molecular formula is C12H17N5. The van der Waals surface area contributed by atoms with Crippen LogP contribution in [0.2, 0.25) is 0 Å². The first-order valence-corrected chi connectivity index (χ1v) is 5.70. The van der Waals surface area contributed by atoms with Crippen molar-refractivity contribution in [1.29, 1.82) is 0 Å². The second-order valence-corrected chi connectivity index (χ2v) is 4.31. The van der Waals surface area contributed by atoms with Gasteiger partial charge in [0.1, 0.15) is 5.82 Å². The number of aromatic nitrogens is 4. The van der Waals surface area contributed by atoms with E-state index >= 15 is 0 Å². The molecule has 2 heterocycles. The van der Waals surface area contributed by atoms with E-state index in [1.54, 1.807) is 6.20 Å². The van der Waals surface area contributed by atoms with Crippen molar-refractivity contribution in [2.45, 2.75) is 33.2 Å². The van der Waals surface area contributed by atoms with Crippen LogP contribution in [0.3, 0.4) is 0 Å². The number of aryl methyl sites for hydroxylation is 1. The zero-order chi connectivity index (χ0) is 12.4. The molecule has 2 N–H and O–H groups in total. The van der Waals surface area contributed by atoms with E-state index in [1.165, 1.54) is 0 Å². The summed E-state index contributed by atoms with van der Waals surface area (Å²) >= 11 is 0. The molecule has 2 aromatic rings. The van der Waals surface area contributed by atoms with Crippen molar-refractivity contribution < 1.29 is 0 Å². The molecule has 0 aliphatic heterocycles. The van der Waals surface area contributed by atoms with Crippen LogP contribution in [-0.4, -0.2) is 19.5 Å². The molecule has 0 unspecified atom stereocenters. The lowest BCUT2D eigenvalue weighted by Crippen LogP contribution is -2.11. The predicted molar refractivity (Wildman–Crippen MR) is 65.9 cm³/mol. The van der Waals surface area contributed by atoms with Gasteiger partial charge in [-0.3, -0.25) is 4.57 Å². The van der Waals surface area contributed by atoms with Crippen LogP contribution in [-0.2, 0) is 6.54 Å². The second-order valence-electron chi connectivity index (χ2n) is 4.31. The Bertz CT molecular complexity index is 515. The highest BCUT2D eigenvalue weighted by atomic mass is 15.2. The van der Waals surface area contributed by atoms with E-state index in [2.05, 4.69) is 28.8 Å². The summed E-state index contributed by atoms with van der Waals surface area (Å²) in [5.41, 5.74) is 7.62. The molecule has 90 valence electrons. The minimum Gasteiger partial charge on any atom is -0.324 e. The summed E-state index contributed by atoms with van der Waals surface area (Å²) in [5, 5.41) is 0. The summed E-state index contributed by atoms with van der Waals surface area (Å²) in [5.74, 6) is 1.79. The van der Waals surface area contributed by atoms with E-state index in [0.717, 1.165) is 17.2 Å². The molecular weight excluding hydrogens is 214 g/mol. The van der Waals surface area contributed by atoms with Crippen LogP contribution < -0.4 is 5.73 Å². The molecule has 0 atom stereocenters. The van der Waals surface area contributed by atoms with Gasteiger partial charge in [0.2, 0.25) is 5.95 Å². The van der Waals surface area contributed by atoms with E-state index in [-0.39, 0.29) is 0 Å². The van der Waals surface area contributed by atoms with Crippen LogP contribution in [0.25, 0.3) is 5.95 Å². The quantitative estimate of drug-likeness (QED) is 0.870. The molecule has 0 aromatic carbocycles. The van der Waals surface area contributed by atoms with Crippen molar-refractivity contribution in [3.8, 4) is 5.95 Å². The second kappa shape index (κ2) is 4.63. The number of hydrogen-bond acceptors (Lipinski definition) is 4. The van der Waals surface area contributed by atoms with Crippen molar-refractivity contribution in [1.82, 2.24) is 19.5 Å². The fraction of sp³-hybridized carbons (Fsp3) is 0.417. The molecule has 0 saturated heterocycles. The van der Waals surface area contributed by atoms with Gasteiger partial charge in [-0.25, -0.2) is 15.0 Å².